The zero-order chi connectivity index (χ0) is 5.82. The predicted molar refractivity (Wildman–Crippen MR) is 36.1 cm³/mol. The van der Waals surface area contributed by atoms with Gasteiger partial charge < -0.3 is 10.3 Å². The van der Waals surface area contributed by atoms with Crippen molar-refractivity contribution in [3.8, 4) is 0 Å². The minimum atomic E-state index is 0.605. The maximum atomic E-state index is 3.94. The van der Waals surface area contributed by atoms with Crippen LogP contribution in [-0.4, -0.2) is 15.8 Å². The van der Waals surface area contributed by atoms with E-state index in [1.165, 1.54) is 0 Å². The Kier molecular flexibility index (Phi) is 1.80. The molecular weight excluding hydrogens is 122 g/mol. The lowest BCUT2D eigenvalue weighted by molar-refractivity contribution is 1.25. The van der Waals surface area contributed by atoms with Gasteiger partial charge in [-0.2, -0.15) is 12.6 Å². The highest BCUT2D eigenvalue weighted by atomic mass is 32.1. The summed E-state index contributed by atoms with van der Waals surface area (Å²) in [5.41, 5.74) is 0. The van der Waals surface area contributed by atoms with Gasteiger partial charge in [0.05, 0.1) is 5.88 Å². The van der Waals surface area contributed by atoms with Crippen molar-refractivity contribution in [2.24, 2.45) is 0 Å². The highest BCUT2D eigenvalue weighted by Crippen LogP contribution is 1.92. The quantitative estimate of drug-likeness (QED) is 0.406. The van der Waals surface area contributed by atoms with Crippen LogP contribution in [0.25, 0.3) is 0 Å². The van der Waals surface area contributed by atoms with Gasteiger partial charge in [-0.25, -0.2) is 4.98 Å². The third kappa shape index (κ3) is 1.16. The summed E-state index contributed by atoms with van der Waals surface area (Å²) in [5, 5.41) is 2.89. The Morgan fingerprint density at radius 3 is 3.25 bits per heavy atom. The monoisotopic (exact) mass is 129 g/mol. The molecule has 1 heterocycles. The number of nitrogens with one attached hydrogen (secondary N) is 2. The molecule has 3 nitrogen and oxygen atoms in total. The van der Waals surface area contributed by atoms with E-state index in [-0.39, 0.29) is 0 Å². The van der Waals surface area contributed by atoms with Gasteiger partial charge in [0.1, 0.15) is 0 Å². The minimum Gasteiger partial charge on any atom is -0.347 e. The molecule has 0 saturated heterocycles. The molecule has 4 heteroatoms. The molecule has 0 atom stereocenters. The summed E-state index contributed by atoms with van der Waals surface area (Å²) >= 11 is 3.94. The largest absolute Gasteiger partial charge is 0.347 e. The third-order valence-electron chi connectivity index (χ3n) is 0.745. The molecular formula is C4H7N3S. The highest BCUT2D eigenvalue weighted by Gasteiger charge is 1.84. The van der Waals surface area contributed by atoms with Crippen LogP contribution in [0.4, 0.5) is 5.95 Å². The Hall–Kier alpha value is -0.640. The van der Waals surface area contributed by atoms with E-state index < -0.39 is 0 Å². The number of hydrogen-bond acceptors (Lipinski definition) is 3. The van der Waals surface area contributed by atoms with E-state index in [1.54, 1.807) is 12.4 Å². The second kappa shape index (κ2) is 2.61. The molecule has 1 aromatic heterocycles. The van der Waals surface area contributed by atoms with E-state index in [9.17, 15) is 0 Å². The van der Waals surface area contributed by atoms with Crippen molar-refractivity contribution in [1.82, 2.24) is 9.97 Å². The van der Waals surface area contributed by atoms with Gasteiger partial charge in [-0.15, -0.1) is 0 Å². The standard InChI is InChI=1S/C4H7N3S/c8-3-7-4-5-1-2-6-4/h1-2,8H,3H2,(H2,5,6,7). The molecule has 1 aromatic rings. The molecule has 0 aliphatic rings. The Morgan fingerprint density at radius 2 is 2.75 bits per heavy atom. The summed E-state index contributed by atoms with van der Waals surface area (Å²) < 4.78 is 0. The first-order chi connectivity index (χ1) is 3.93. The summed E-state index contributed by atoms with van der Waals surface area (Å²) in [6, 6.07) is 0. The van der Waals surface area contributed by atoms with Gasteiger partial charge in [0.25, 0.3) is 0 Å². The van der Waals surface area contributed by atoms with Crippen molar-refractivity contribution in [2.45, 2.75) is 0 Å². The number of hydrogen-bond donors (Lipinski definition) is 3. The van der Waals surface area contributed by atoms with Crippen molar-refractivity contribution in [3.05, 3.63) is 12.4 Å². The Morgan fingerprint density at radius 1 is 1.88 bits per heavy atom. The minimum absolute atomic E-state index is 0.605. The van der Waals surface area contributed by atoms with Crippen LogP contribution in [-0.2, 0) is 0 Å². The van der Waals surface area contributed by atoms with E-state index in [2.05, 4.69) is 27.9 Å². The fraction of sp³-hybridized carbons (Fsp3) is 0.250. The number of nitrogens with zero attached hydrogens (tertiary/aromatic N) is 1. The molecule has 0 aromatic carbocycles. The van der Waals surface area contributed by atoms with Gasteiger partial charge in [0.15, 0.2) is 0 Å². The van der Waals surface area contributed by atoms with E-state index >= 15 is 0 Å². The molecule has 0 radical (unpaired) electrons. The second-order valence-corrected chi connectivity index (χ2v) is 1.59. The summed E-state index contributed by atoms with van der Waals surface area (Å²) in [7, 11) is 0. The topological polar surface area (TPSA) is 40.7 Å². The first kappa shape index (κ1) is 5.50. The first-order valence-electron chi connectivity index (χ1n) is 2.27. The third-order valence-corrected chi connectivity index (χ3v) is 0.903. The molecule has 0 fully saturated rings. The molecule has 0 saturated carbocycles. The fourth-order valence-electron chi connectivity index (χ4n) is 0.437. The molecule has 0 amide bonds. The van der Waals surface area contributed by atoms with E-state index in [0.717, 1.165) is 5.95 Å². The maximum Gasteiger partial charge on any atom is 0.200 e. The smallest absolute Gasteiger partial charge is 0.200 e. The van der Waals surface area contributed by atoms with Crippen molar-refractivity contribution in [3.63, 3.8) is 0 Å². The van der Waals surface area contributed by atoms with Crippen molar-refractivity contribution < 1.29 is 0 Å². The van der Waals surface area contributed by atoms with Gasteiger partial charge in [0, 0.05) is 12.4 Å². The Labute approximate surface area is 52.9 Å². The van der Waals surface area contributed by atoms with Crippen LogP contribution in [0.2, 0.25) is 0 Å². The second-order valence-electron chi connectivity index (χ2n) is 1.27. The molecule has 0 bridgehead atoms. The average molecular weight is 129 g/mol. The zero-order valence-corrected chi connectivity index (χ0v) is 5.15. The number of imidazole rings is 1. The van der Waals surface area contributed by atoms with Gasteiger partial charge in [-0.05, 0) is 0 Å². The average Bonchev–Trinajstić information content (AvgIpc) is 2.19. The van der Waals surface area contributed by atoms with Crippen molar-refractivity contribution >= 4 is 18.6 Å². The van der Waals surface area contributed by atoms with Gasteiger partial charge in [-0.1, -0.05) is 0 Å². The van der Waals surface area contributed by atoms with Crippen LogP contribution >= 0.6 is 12.6 Å². The van der Waals surface area contributed by atoms with Gasteiger partial charge in [0.2, 0.25) is 5.95 Å². The first-order valence-corrected chi connectivity index (χ1v) is 2.91. The van der Waals surface area contributed by atoms with E-state index in [4.69, 9.17) is 0 Å². The molecule has 0 aliphatic heterocycles. The Bertz CT molecular complexity index is 137. The molecule has 0 unspecified atom stereocenters. The molecule has 8 heavy (non-hydrogen) atoms. The predicted octanol–water partition coefficient (Wildman–Crippen LogP) is 0.709. The van der Waals surface area contributed by atoms with E-state index in [1.807, 2.05) is 0 Å². The summed E-state index contributed by atoms with van der Waals surface area (Å²) in [5.74, 6) is 1.37. The number of anilines is 1. The number of aromatic amines is 1. The van der Waals surface area contributed by atoms with Gasteiger partial charge in [-0.3, -0.25) is 0 Å². The lowest BCUT2D eigenvalue weighted by Gasteiger charge is -1.92. The SMILES string of the molecule is SCNc1ncc[nH]1. The number of rotatable bonds is 2. The lowest BCUT2D eigenvalue weighted by atomic mass is 11.0. The Balaban J connectivity index is 2.50. The van der Waals surface area contributed by atoms with Crippen LogP contribution in [0.5, 0.6) is 0 Å². The normalized spacial score (nSPS) is 9.12. The number of H-pyrrole nitrogens is 1. The van der Waals surface area contributed by atoms with Gasteiger partial charge >= 0.3 is 0 Å². The van der Waals surface area contributed by atoms with Crippen LogP contribution in [0.3, 0.4) is 0 Å². The zero-order valence-electron chi connectivity index (χ0n) is 4.26. The molecule has 0 spiro atoms. The summed E-state index contributed by atoms with van der Waals surface area (Å²) in [4.78, 5) is 6.76. The summed E-state index contributed by atoms with van der Waals surface area (Å²) in [6.07, 6.45) is 3.44. The lowest BCUT2D eigenvalue weighted by Crippen LogP contribution is -1.94. The highest BCUT2D eigenvalue weighted by molar-refractivity contribution is 7.80. The molecule has 44 valence electrons. The van der Waals surface area contributed by atoms with E-state index in [0.29, 0.717) is 5.88 Å². The van der Waals surface area contributed by atoms with Crippen LogP contribution in [0.15, 0.2) is 12.4 Å². The molecule has 0 aliphatic carbocycles. The molecule has 2 N–H and O–H groups in total. The molecule has 1 rings (SSSR count). The maximum absolute atomic E-state index is 3.94. The van der Waals surface area contributed by atoms with Crippen LogP contribution < -0.4 is 5.32 Å². The summed E-state index contributed by atoms with van der Waals surface area (Å²) in [6.45, 7) is 0. The fourth-order valence-corrected chi connectivity index (χ4v) is 0.587. The van der Waals surface area contributed by atoms with Crippen molar-refractivity contribution in [2.75, 3.05) is 11.2 Å². The van der Waals surface area contributed by atoms with Crippen molar-refractivity contribution in [1.29, 1.82) is 0 Å². The van der Waals surface area contributed by atoms with Crippen LogP contribution in [0.1, 0.15) is 0 Å². The number of aromatic nitrogens is 2. The number of thiol groups is 1. The van der Waals surface area contributed by atoms with Crippen LogP contribution in [0, 0.1) is 0 Å².